The molecule has 1 aromatic rings. The number of carbonyl (C=O) groups excluding carboxylic acids is 2. The van der Waals surface area contributed by atoms with Crippen LogP contribution in [0.5, 0.6) is 0 Å². The van der Waals surface area contributed by atoms with Crippen LogP contribution in [0.1, 0.15) is 30.9 Å². The minimum absolute atomic E-state index is 0.0814. The summed E-state index contributed by atoms with van der Waals surface area (Å²) in [6.45, 7) is 5.24. The van der Waals surface area contributed by atoms with Gasteiger partial charge >= 0.3 is 12.0 Å². The molecule has 8 nitrogen and oxygen atoms in total. The Balaban J connectivity index is 1.55. The van der Waals surface area contributed by atoms with Crippen molar-refractivity contribution in [3.63, 3.8) is 0 Å². The summed E-state index contributed by atoms with van der Waals surface area (Å²) in [7, 11) is 2.13. The molecule has 1 saturated heterocycles. The molecule has 1 unspecified atom stereocenters. The number of anilines is 1. The minimum atomic E-state index is -0.949. The van der Waals surface area contributed by atoms with E-state index in [2.05, 4.69) is 29.4 Å². The van der Waals surface area contributed by atoms with Gasteiger partial charge in [0, 0.05) is 50.9 Å². The van der Waals surface area contributed by atoms with Gasteiger partial charge in [-0.25, -0.2) is 4.79 Å². The highest BCUT2D eigenvalue weighted by Gasteiger charge is 2.30. The Bertz CT molecular complexity index is 782. The first-order valence-corrected chi connectivity index (χ1v) is 10.2. The van der Waals surface area contributed by atoms with Crippen molar-refractivity contribution in [3.05, 3.63) is 29.3 Å². The monoisotopic (exact) mass is 402 g/mol. The lowest BCUT2D eigenvalue weighted by atomic mass is 10.0. The van der Waals surface area contributed by atoms with Crippen molar-refractivity contribution in [3.8, 4) is 0 Å². The highest BCUT2D eigenvalue weighted by molar-refractivity contribution is 5.94. The van der Waals surface area contributed by atoms with Gasteiger partial charge in [-0.15, -0.1) is 0 Å². The van der Waals surface area contributed by atoms with Crippen LogP contribution in [-0.2, 0) is 22.4 Å². The number of aliphatic carboxylic acids is 1. The van der Waals surface area contributed by atoms with E-state index in [9.17, 15) is 14.4 Å². The Morgan fingerprint density at radius 1 is 1.14 bits per heavy atom. The number of hydrogen-bond acceptors (Lipinski definition) is 4. The second kappa shape index (κ2) is 9.26. The summed E-state index contributed by atoms with van der Waals surface area (Å²) in [6.07, 6.45) is 2.07. The topological polar surface area (TPSA) is 93.2 Å². The summed E-state index contributed by atoms with van der Waals surface area (Å²) in [5, 5.41) is 11.4. The van der Waals surface area contributed by atoms with Gasteiger partial charge in [-0.1, -0.05) is 6.07 Å². The lowest BCUT2D eigenvalue weighted by molar-refractivity contribution is -0.137. The molecule has 2 N–H and O–H groups in total. The van der Waals surface area contributed by atoms with Gasteiger partial charge in [0.25, 0.3) is 0 Å². The fraction of sp³-hybridized carbons (Fsp3) is 0.571. The van der Waals surface area contributed by atoms with E-state index in [4.69, 9.17) is 5.11 Å². The molecule has 2 heterocycles. The van der Waals surface area contributed by atoms with Gasteiger partial charge in [0.15, 0.2) is 0 Å². The predicted octanol–water partition coefficient (Wildman–Crippen LogP) is 1.33. The van der Waals surface area contributed by atoms with E-state index >= 15 is 0 Å². The number of nitrogens with zero attached hydrogens (tertiary/aromatic N) is 3. The number of nitrogens with one attached hydrogen (secondary N) is 1. The quantitative estimate of drug-likeness (QED) is 0.718. The summed E-state index contributed by atoms with van der Waals surface area (Å²) in [4.78, 5) is 41.3. The van der Waals surface area contributed by atoms with Crippen LogP contribution in [0.2, 0.25) is 0 Å². The molecule has 1 aromatic carbocycles. The van der Waals surface area contributed by atoms with Gasteiger partial charge in [-0.3, -0.25) is 14.5 Å². The van der Waals surface area contributed by atoms with Gasteiger partial charge in [0.1, 0.15) is 0 Å². The zero-order valence-electron chi connectivity index (χ0n) is 17.2. The Morgan fingerprint density at radius 3 is 2.59 bits per heavy atom. The second-order valence-corrected chi connectivity index (χ2v) is 7.99. The van der Waals surface area contributed by atoms with Crippen molar-refractivity contribution in [2.24, 2.45) is 0 Å². The number of carboxylic acids is 1. The zero-order chi connectivity index (χ0) is 21.0. The normalized spacial score (nSPS) is 18.3. The number of likely N-dealkylation sites (N-methyl/N-ethyl adjacent to an activating group) is 1. The van der Waals surface area contributed by atoms with Gasteiger partial charge in [0.2, 0.25) is 5.91 Å². The third-order valence-electron chi connectivity index (χ3n) is 5.62. The Kier molecular flexibility index (Phi) is 6.74. The third-order valence-corrected chi connectivity index (χ3v) is 5.62. The van der Waals surface area contributed by atoms with Crippen molar-refractivity contribution < 1.29 is 19.5 Å². The number of hydrogen-bond donors (Lipinski definition) is 2. The van der Waals surface area contributed by atoms with E-state index in [0.717, 1.165) is 31.6 Å². The molecular formula is C21H30N4O4. The standard InChI is InChI=1S/C21H30N4O4/c1-15(13-20(27)28)22-19(26)7-10-24-11-12-25(21(24)29)18-4-3-16-5-8-23(2)9-6-17(16)14-18/h3-4,14-15H,5-13H2,1-2H3,(H,22,26)(H,27,28). The molecule has 0 saturated carbocycles. The van der Waals surface area contributed by atoms with Crippen LogP contribution in [0, 0.1) is 0 Å². The maximum Gasteiger partial charge on any atom is 0.324 e. The van der Waals surface area contributed by atoms with Gasteiger partial charge < -0.3 is 20.2 Å². The summed E-state index contributed by atoms with van der Waals surface area (Å²) in [5.74, 6) is -1.19. The summed E-state index contributed by atoms with van der Waals surface area (Å²) in [5.41, 5.74) is 3.58. The number of fused-ring (bicyclic) bond motifs is 1. The lowest BCUT2D eigenvalue weighted by Gasteiger charge is -2.20. The van der Waals surface area contributed by atoms with Crippen LogP contribution in [0.15, 0.2) is 18.2 Å². The molecule has 0 aliphatic carbocycles. The molecule has 3 amide bonds. The number of urea groups is 1. The van der Waals surface area contributed by atoms with Crippen LogP contribution < -0.4 is 10.2 Å². The molecule has 0 bridgehead atoms. The van der Waals surface area contributed by atoms with Crippen LogP contribution >= 0.6 is 0 Å². The van der Waals surface area contributed by atoms with Crippen LogP contribution in [0.25, 0.3) is 0 Å². The molecule has 2 aliphatic heterocycles. The van der Waals surface area contributed by atoms with Crippen LogP contribution in [-0.4, -0.2) is 78.6 Å². The lowest BCUT2D eigenvalue weighted by Crippen LogP contribution is -2.38. The first-order chi connectivity index (χ1) is 13.8. The molecule has 3 rings (SSSR count). The van der Waals surface area contributed by atoms with Crippen molar-refractivity contribution in [2.75, 3.05) is 44.7 Å². The first-order valence-electron chi connectivity index (χ1n) is 10.2. The van der Waals surface area contributed by atoms with Crippen molar-refractivity contribution in [1.82, 2.24) is 15.1 Å². The molecule has 0 spiro atoms. The molecule has 8 heteroatoms. The largest absolute Gasteiger partial charge is 0.481 e. The van der Waals surface area contributed by atoms with Crippen molar-refractivity contribution >= 4 is 23.6 Å². The molecule has 1 atom stereocenters. The second-order valence-electron chi connectivity index (χ2n) is 7.99. The minimum Gasteiger partial charge on any atom is -0.481 e. The Labute approximate surface area is 171 Å². The van der Waals surface area contributed by atoms with E-state index in [1.807, 2.05) is 6.07 Å². The molecular weight excluding hydrogens is 372 g/mol. The van der Waals surface area contributed by atoms with Crippen LogP contribution in [0.3, 0.4) is 0 Å². The maximum atomic E-state index is 12.8. The van der Waals surface area contributed by atoms with E-state index in [1.54, 1.807) is 16.7 Å². The average Bonchev–Trinajstić information content (AvgIpc) is 2.92. The van der Waals surface area contributed by atoms with E-state index in [1.165, 1.54) is 11.1 Å². The first kappa shape index (κ1) is 21.1. The fourth-order valence-electron chi connectivity index (χ4n) is 3.92. The fourth-order valence-corrected chi connectivity index (χ4v) is 3.92. The van der Waals surface area contributed by atoms with Crippen LogP contribution in [0.4, 0.5) is 10.5 Å². The van der Waals surface area contributed by atoms with Gasteiger partial charge in [0.05, 0.1) is 6.42 Å². The molecule has 158 valence electrons. The van der Waals surface area contributed by atoms with E-state index < -0.39 is 12.0 Å². The van der Waals surface area contributed by atoms with Crippen molar-refractivity contribution in [1.29, 1.82) is 0 Å². The van der Waals surface area contributed by atoms with Crippen molar-refractivity contribution in [2.45, 2.75) is 38.6 Å². The average molecular weight is 402 g/mol. The number of amides is 3. The zero-order valence-corrected chi connectivity index (χ0v) is 17.2. The number of benzene rings is 1. The van der Waals surface area contributed by atoms with E-state index in [-0.39, 0.29) is 24.8 Å². The van der Waals surface area contributed by atoms with Gasteiger partial charge in [-0.05, 0) is 50.1 Å². The summed E-state index contributed by atoms with van der Waals surface area (Å²) in [6, 6.07) is 5.78. The number of carboxylic acid groups (broad SMARTS) is 1. The Hall–Kier alpha value is -2.61. The summed E-state index contributed by atoms with van der Waals surface area (Å²) < 4.78 is 0. The highest BCUT2D eigenvalue weighted by atomic mass is 16.4. The predicted molar refractivity (Wildman–Crippen MR) is 110 cm³/mol. The molecule has 1 fully saturated rings. The maximum absolute atomic E-state index is 12.8. The molecule has 0 radical (unpaired) electrons. The number of rotatable bonds is 7. The SMILES string of the molecule is CC(CC(=O)O)NC(=O)CCN1CCN(c2ccc3c(c2)CCN(C)CC3)C1=O. The Morgan fingerprint density at radius 2 is 1.86 bits per heavy atom. The van der Waals surface area contributed by atoms with E-state index in [0.29, 0.717) is 19.6 Å². The summed E-state index contributed by atoms with van der Waals surface area (Å²) >= 11 is 0. The molecule has 29 heavy (non-hydrogen) atoms. The molecule has 2 aliphatic rings. The van der Waals surface area contributed by atoms with Gasteiger partial charge in [-0.2, -0.15) is 0 Å². The molecule has 0 aromatic heterocycles. The third kappa shape index (κ3) is 5.47. The smallest absolute Gasteiger partial charge is 0.324 e. The number of carbonyl (C=O) groups is 3. The highest BCUT2D eigenvalue weighted by Crippen LogP contribution is 2.25.